The zero-order chi connectivity index (χ0) is 27.2. The first kappa shape index (κ1) is 23.9. The van der Waals surface area contributed by atoms with Gasteiger partial charge in [0.25, 0.3) is 0 Å². The molecule has 41 heavy (non-hydrogen) atoms. The molecule has 0 fully saturated rings. The van der Waals surface area contributed by atoms with Crippen LogP contribution in [0, 0.1) is 0 Å². The molecule has 8 aromatic rings. The monoisotopic (exact) mass is 590 g/mol. The maximum absolute atomic E-state index is 5.02. The van der Waals surface area contributed by atoms with Gasteiger partial charge in [0.05, 0.1) is 0 Å². The van der Waals surface area contributed by atoms with E-state index >= 15 is 0 Å². The predicted octanol–water partition coefficient (Wildman–Crippen LogP) is 8.45. The zero-order valence-corrected chi connectivity index (χ0v) is 23.6. The molecule has 0 aliphatic heterocycles. The third-order valence-electron chi connectivity index (χ3n) is 7.45. The van der Waals surface area contributed by atoms with Crippen LogP contribution in [0.4, 0.5) is 0 Å². The molecule has 2 heterocycles. The number of rotatable bonds is 4. The fourth-order valence-corrected chi connectivity index (χ4v) is 7.71. The topological polar surface area (TPSA) is 51.6 Å². The van der Waals surface area contributed by atoms with Crippen LogP contribution in [0.1, 0.15) is 0 Å². The summed E-state index contributed by atoms with van der Waals surface area (Å²) in [6.07, 6.45) is 1.59. The maximum atomic E-state index is 5.02. The van der Waals surface area contributed by atoms with Gasteiger partial charge in [-0.15, -0.1) is 0 Å². The quantitative estimate of drug-likeness (QED) is 0.193. The Morgan fingerprint density at radius 1 is 0.463 bits per heavy atom. The number of aromatic nitrogens is 4. The van der Waals surface area contributed by atoms with Crippen molar-refractivity contribution >= 4 is 45.8 Å². The molecule has 0 atom stereocenters. The first-order valence-corrected chi connectivity index (χ1v) is 15.2. The molecular weight excluding hydrogens is 567 g/mol. The summed E-state index contributed by atoms with van der Waals surface area (Å²) in [6.45, 7) is 0. The normalized spacial score (nSPS) is 11.4. The average molecular weight is 590 g/mol. The summed E-state index contributed by atoms with van der Waals surface area (Å²) in [5.74, 6) is 1.35. The maximum Gasteiger partial charge on any atom is -0.0512 e. The molecule has 5 heteroatoms. The second-order valence-corrected chi connectivity index (χ2v) is 12.1. The Hall–Kier alpha value is -4.96. The van der Waals surface area contributed by atoms with E-state index in [2.05, 4.69) is 107 Å². The van der Waals surface area contributed by atoms with Crippen molar-refractivity contribution in [2.45, 2.75) is 0 Å². The van der Waals surface area contributed by atoms with Gasteiger partial charge in [0, 0.05) is 5.56 Å². The van der Waals surface area contributed by atoms with Crippen molar-refractivity contribution in [3.05, 3.63) is 134 Å². The first-order valence-electron chi connectivity index (χ1n) is 13.5. The Kier molecular flexibility index (Phi) is 5.77. The molecule has 6 aromatic carbocycles. The molecule has 2 aromatic heterocycles. The van der Waals surface area contributed by atoms with Gasteiger partial charge in [-0.1, -0.05) is 30.3 Å². The Balaban J connectivity index is 1.22. The molecule has 0 bridgehead atoms. The zero-order valence-electron chi connectivity index (χ0n) is 21.9. The minimum Gasteiger partial charge on any atom is -0.0615 e. The van der Waals surface area contributed by atoms with E-state index in [1.54, 1.807) is 6.33 Å². The third-order valence-corrected chi connectivity index (χ3v) is 9.87. The number of hydrogen-bond acceptors (Lipinski definition) is 4. The van der Waals surface area contributed by atoms with Crippen LogP contribution in [-0.4, -0.2) is 34.4 Å². The Labute approximate surface area is 242 Å². The number of nitrogens with zero attached hydrogens (tertiary/aromatic N) is 4. The van der Waals surface area contributed by atoms with Crippen LogP contribution in [0.25, 0.3) is 75.4 Å². The third kappa shape index (κ3) is 4.33. The van der Waals surface area contributed by atoms with Gasteiger partial charge in [-0.2, -0.15) is 0 Å². The summed E-state index contributed by atoms with van der Waals surface area (Å²) >= 11 is 0.158. The van der Waals surface area contributed by atoms with Crippen molar-refractivity contribution < 1.29 is 0 Å². The van der Waals surface area contributed by atoms with Gasteiger partial charge in [0.1, 0.15) is 0 Å². The van der Waals surface area contributed by atoms with Gasteiger partial charge in [-0.3, -0.25) is 0 Å². The van der Waals surface area contributed by atoms with E-state index in [9.17, 15) is 0 Å². The average Bonchev–Trinajstić information content (AvgIpc) is 3.50. The molecular formula is C36H22N4Se. The molecule has 4 nitrogen and oxygen atoms in total. The number of benzene rings is 6. The minimum atomic E-state index is 0.158. The Bertz CT molecular complexity index is 2210. The van der Waals surface area contributed by atoms with Crippen molar-refractivity contribution in [3.8, 4) is 44.0 Å². The summed E-state index contributed by atoms with van der Waals surface area (Å²) in [4.78, 5) is 18.7. The van der Waals surface area contributed by atoms with Crippen molar-refractivity contribution in [2.24, 2.45) is 0 Å². The second-order valence-electron chi connectivity index (χ2n) is 9.97. The molecule has 8 rings (SSSR count). The smallest absolute Gasteiger partial charge is 0.0512 e. The molecule has 0 unspecified atom stereocenters. The fourth-order valence-electron chi connectivity index (χ4n) is 5.41. The molecule has 0 amide bonds. The van der Waals surface area contributed by atoms with Crippen LogP contribution in [0.2, 0.25) is 0 Å². The van der Waals surface area contributed by atoms with Gasteiger partial charge in [-0.05, 0) is 0 Å². The standard InChI is InChI=1S/C36H22N4Se/c1-3-8-24(9-4-1)34-37-22-38-35(40-34)28-16-18-30-26(20-28)12-7-13-29(30)27-15-14-23-17-19-32-33(31(23)21-27)41-36(39-32)25-10-5-2-6-11-25/h1-22H. The molecule has 0 saturated carbocycles. The van der Waals surface area contributed by atoms with Crippen LogP contribution in [-0.2, 0) is 0 Å². The molecule has 192 valence electrons. The summed E-state index contributed by atoms with van der Waals surface area (Å²) in [5.41, 5.74) is 6.68. The minimum absolute atomic E-state index is 0.158. The van der Waals surface area contributed by atoms with Crippen molar-refractivity contribution in [1.29, 1.82) is 0 Å². The SMILES string of the molecule is c1ccc(-c2ncnc(-c3ccc4c(-c5ccc6ccc7nc(-c8ccccc8)[se]c7c6c5)cccc4c3)n2)cc1. The van der Waals surface area contributed by atoms with Crippen LogP contribution < -0.4 is 0 Å². The van der Waals surface area contributed by atoms with E-state index in [-0.39, 0.29) is 14.5 Å². The van der Waals surface area contributed by atoms with Gasteiger partial charge in [0.15, 0.2) is 0 Å². The summed E-state index contributed by atoms with van der Waals surface area (Å²) in [6, 6.07) is 44.7. The van der Waals surface area contributed by atoms with E-state index in [0.717, 1.165) is 22.0 Å². The molecule has 0 N–H and O–H groups in total. The largest absolute Gasteiger partial charge is 0.0615 e. The second kappa shape index (κ2) is 9.90. The van der Waals surface area contributed by atoms with Gasteiger partial charge in [0.2, 0.25) is 0 Å². The van der Waals surface area contributed by atoms with Crippen LogP contribution in [0.15, 0.2) is 134 Å². The summed E-state index contributed by atoms with van der Waals surface area (Å²) in [7, 11) is 0. The van der Waals surface area contributed by atoms with Crippen molar-refractivity contribution in [2.75, 3.05) is 0 Å². The molecule has 0 saturated heterocycles. The Morgan fingerprint density at radius 2 is 1.20 bits per heavy atom. The first-order chi connectivity index (χ1) is 20.3. The van der Waals surface area contributed by atoms with Crippen molar-refractivity contribution in [1.82, 2.24) is 19.9 Å². The van der Waals surface area contributed by atoms with Crippen LogP contribution in [0.5, 0.6) is 0 Å². The summed E-state index contributed by atoms with van der Waals surface area (Å²) in [5, 5.41) is 4.90. The van der Waals surface area contributed by atoms with E-state index in [1.165, 1.54) is 41.7 Å². The predicted molar refractivity (Wildman–Crippen MR) is 169 cm³/mol. The van der Waals surface area contributed by atoms with Crippen LogP contribution in [0.3, 0.4) is 0 Å². The van der Waals surface area contributed by atoms with Gasteiger partial charge < -0.3 is 0 Å². The fraction of sp³-hybridized carbons (Fsp3) is 0. The van der Waals surface area contributed by atoms with E-state index in [0.29, 0.717) is 11.6 Å². The van der Waals surface area contributed by atoms with Gasteiger partial charge in [-0.25, -0.2) is 4.98 Å². The van der Waals surface area contributed by atoms with E-state index in [4.69, 9.17) is 9.97 Å². The molecule has 0 aliphatic rings. The Morgan fingerprint density at radius 3 is 2.02 bits per heavy atom. The molecule has 0 aliphatic carbocycles. The van der Waals surface area contributed by atoms with E-state index in [1.807, 2.05) is 30.3 Å². The van der Waals surface area contributed by atoms with E-state index < -0.39 is 0 Å². The number of hydrogen-bond donors (Lipinski definition) is 0. The van der Waals surface area contributed by atoms with Gasteiger partial charge >= 0.3 is 203 Å². The molecule has 0 spiro atoms. The van der Waals surface area contributed by atoms with Crippen LogP contribution >= 0.6 is 0 Å². The summed E-state index contributed by atoms with van der Waals surface area (Å²) < 4.78 is 2.56. The molecule has 0 radical (unpaired) electrons. The number of fused-ring (bicyclic) bond motifs is 4. The van der Waals surface area contributed by atoms with Crippen molar-refractivity contribution in [3.63, 3.8) is 0 Å².